The number of rotatable bonds is 6. The van der Waals surface area contributed by atoms with Gasteiger partial charge in [-0.2, -0.15) is 21.6 Å². The number of halogens is 3. The summed E-state index contributed by atoms with van der Waals surface area (Å²) in [6.07, 6.45) is -1.11. The molecule has 6 nitrogen and oxygen atoms in total. The summed E-state index contributed by atoms with van der Waals surface area (Å²) in [6, 6.07) is 8.67. The van der Waals surface area contributed by atoms with E-state index in [2.05, 4.69) is 0 Å². The number of aryl methyl sites for hydroxylation is 2. The molecule has 2 aromatic carbocycles. The van der Waals surface area contributed by atoms with Crippen LogP contribution in [0, 0.1) is 13.8 Å². The maximum atomic E-state index is 13.4. The number of nitrogens with zero attached hydrogens (tertiary/aromatic N) is 1. The summed E-state index contributed by atoms with van der Waals surface area (Å²) >= 11 is 0. The molecule has 0 radical (unpaired) electrons. The zero-order valence-electron chi connectivity index (χ0n) is 20.6. The van der Waals surface area contributed by atoms with Crippen molar-refractivity contribution in [1.29, 1.82) is 0 Å². The Morgan fingerprint density at radius 2 is 1.71 bits per heavy atom. The van der Waals surface area contributed by atoms with E-state index in [-0.39, 0.29) is 25.3 Å². The highest BCUT2D eigenvalue weighted by Crippen LogP contribution is 2.46. The summed E-state index contributed by atoms with van der Waals surface area (Å²) < 4.78 is 76.7. The van der Waals surface area contributed by atoms with E-state index < -0.39 is 33.2 Å². The van der Waals surface area contributed by atoms with E-state index in [0.29, 0.717) is 32.1 Å². The average molecular weight is 514 g/mol. The van der Waals surface area contributed by atoms with E-state index in [1.807, 2.05) is 19.1 Å². The number of sulfonamides is 1. The third-order valence-corrected chi connectivity index (χ3v) is 7.19. The molecular formula is C25H30F3NO5S. The van der Waals surface area contributed by atoms with Crippen LogP contribution in [0.15, 0.2) is 30.3 Å². The fourth-order valence-corrected chi connectivity index (χ4v) is 5.23. The van der Waals surface area contributed by atoms with Gasteiger partial charge in [-0.25, -0.2) is 4.79 Å². The summed E-state index contributed by atoms with van der Waals surface area (Å²) in [6.45, 7) is 10.3. The highest BCUT2D eigenvalue weighted by atomic mass is 32.2. The highest BCUT2D eigenvalue weighted by molar-refractivity contribution is 7.93. The number of benzene rings is 2. The van der Waals surface area contributed by atoms with E-state index in [9.17, 15) is 26.4 Å². The molecule has 1 aliphatic rings. The number of alkyl halides is 3. The molecule has 10 heteroatoms. The van der Waals surface area contributed by atoms with Gasteiger partial charge in [-0.1, -0.05) is 29.8 Å². The molecule has 0 aromatic heterocycles. The zero-order chi connectivity index (χ0) is 26.3. The molecule has 35 heavy (non-hydrogen) atoms. The van der Waals surface area contributed by atoms with Gasteiger partial charge >= 0.3 is 21.5 Å². The number of ether oxygens (including phenoxy) is 2. The lowest BCUT2D eigenvalue weighted by atomic mass is 9.86. The molecule has 0 bridgehead atoms. The summed E-state index contributed by atoms with van der Waals surface area (Å²) in [7, 11) is -5.59. The first-order valence-corrected chi connectivity index (χ1v) is 12.7. The van der Waals surface area contributed by atoms with Crippen molar-refractivity contribution < 1.29 is 35.9 Å². The second kappa shape index (κ2) is 9.46. The highest BCUT2D eigenvalue weighted by Gasteiger charge is 2.52. The van der Waals surface area contributed by atoms with Crippen molar-refractivity contribution in [2.75, 3.05) is 17.5 Å². The van der Waals surface area contributed by atoms with Gasteiger partial charge in [0, 0.05) is 12.1 Å². The molecule has 3 rings (SSSR count). The topological polar surface area (TPSA) is 72.9 Å². The average Bonchev–Trinajstić information content (AvgIpc) is 3.14. The fraction of sp³-hybridized carbons (Fsp3) is 0.480. The second-order valence-electron chi connectivity index (χ2n) is 9.48. The van der Waals surface area contributed by atoms with Gasteiger partial charge in [0.25, 0.3) is 0 Å². The molecule has 0 saturated carbocycles. The zero-order valence-corrected chi connectivity index (χ0v) is 21.4. The number of carbonyl (C=O) groups is 1. The van der Waals surface area contributed by atoms with Crippen LogP contribution in [0.25, 0.3) is 11.1 Å². The molecule has 0 aliphatic carbocycles. The first kappa shape index (κ1) is 27.0. The molecule has 1 heterocycles. The van der Waals surface area contributed by atoms with Crippen LogP contribution in [0.5, 0.6) is 0 Å². The van der Waals surface area contributed by atoms with Crippen LogP contribution in [-0.4, -0.2) is 38.6 Å². The number of carbonyl (C=O) groups excluding carboxylic acids is 1. The molecule has 0 amide bonds. The van der Waals surface area contributed by atoms with Crippen LogP contribution < -0.4 is 4.31 Å². The lowest BCUT2D eigenvalue weighted by Crippen LogP contribution is -2.39. The van der Waals surface area contributed by atoms with Crippen molar-refractivity contribution in [3.8, 4) is 11.1 Å². The van der Waals surface area contributed by atoms with Crippen LogP contribution in [-0.2, 0) is 30.7 Å². The predicted octanol–water partition coefficient (Wildman–Crippen LogP) is 5.60. The quantitative estimate of drug-likeness (QED) is 0.470. The number of anilines is 1. The molecule has 0 saturated heterocycles. The van der Waals surface area contributed by atoms with Crippen LogP contribution in [0.2, 0.25) is 0 Å². The monoisotopic (exact) mass is 513 g/mol. The first-order valence-electron chi connectivity index (χ1n) is 11.3. The van der Waals surface area contributed by atoms with Gasteiger partial charge < -0.3 is 9.47 Å². The van der Waals surface area contributed by atoms with Crippen molar-refractivity contribution in [3.05, 3.63) is 52.6 Å². The first-order chi connectivity index (χ1) is 16.1. The Balaban J connectivity index is 2.35. The van der Waals surface area contributed by atoms with Gasteiger partial charge in [-0.15, -0.1) is 0 Å². The Hall–Kier alpha value is -2.59. The second-order valence-corrected chi connectivity index (χ2v) is 11.3. The van der Waals surface area contributed by atoms with Crippen molar-refractivity contribution in [3.63, 3.8) is 0 Å². The minimum absolute atomic E-state index is 0.0440. The van der Waals surface area contributed by atoms with Crippen molar-refractivity contribution in [1.82, 2.24) is 0 Å². The normalized spacial score (nSPS) is 15.2. The maximum Gasteiger partial charge on any atom is 0.516 e. The summed E-state index contributed by atoms with van der Waals surface area (Å²) in [5.74, 6) is -0.628. The number of hydrogen-bond acceptors (Lipinski definition) is 5. The van der Waals surface area contributed by atoms with Gasteiger partial charge in [-0.05, 0) is 76.3 Å². The molecule has 0 spiro atoms. The van der Waals surface area contributed by atoms with Crippen LogP contribution in [0.4, 0.5) is 18.9 Å². The molecule has 1 aliphatic heterocycles. The SMILES string of the molecule is CCOC(=O)C(OC(C)(C)C)c1c(C)cc2c(c1-c1ccc(C)cc1)CCN2S(=O)(=O)C(F)(F)F. The van der Waals surface area contributed by atoms with Gasteiger partial charge in [-0.3, -0.25) is 4.31 Å². The van der Waals surface area contributed by atoms with Crippen molar-refractivity contribution in [2.45, 2.75) is 65.2 Å². The lowest BCUT2D eigenvalue weighted by Gasteiger charge is -2.30. The van der Waals surface area contributed by atoms with Crippen LogP contribution in [0.1, 0.15) is 56.1 Å². The summed E-state index contributed by atoms with van der Waals surface area (Å²) in [5.41, 5.74) is -2.85. The molecule has 1 atom stereocenters. The Morgan fingerprint density at radius 3 is 2.23 bits per heavy atom. The molecule has 2 aromatic rings. The van der Waals surface area contributed by atoms with E-state index in [1.165, 1.54) is 6.07 Å². The van der Waals surface area contributed by atoms with E-state index in [0.717, 1.165) is 5.56 Å². The Kier molecular flexibility index (Phi) is 7.30. The maximum absolute atomic E-state index is 13.4. The molecule has 0 N–H and O–H groups in total. The van der Waals surface area contributed by atoms with Crippen molar-refractivity contribution in [2.24, 2.45) is 0 Å². The van der Waals surface area contributed by atoms with E-state index in [1.54, 1.807) is 46.8 Å². The van der Waals surface area contributed by atoms with Gasteiger partial charge in [0.2, 0.25) is 0 Å². The molecule has 1 unspecified atom stereocenters. The smallest absolute Gasteiger partial charge is 0.464 e. The molecule has 192 valence electrons. The lowest BCUT2D eigenvalue weighted by molar-refractivity contribution is -0.166. The van der Waals surface area contributed by atoms with Crippen LogP contribution >= 0.6 is 0 Å². The standard InChI is InChI=1S/C25H30F3NO5S/c1-7-33-23(30)22(34-24(4,5)6)20-16(3)14-19-18(21(20)17-10-8-15(2)9-11-17)12-13-29(19)35(31,32)25(26,27)28/h8-11,14,22H,7,12-13H2,1-6H3. The summed E-state index contributed by atoms with van der Waals surface area (Å²) in [4.78, 5) is 13.1. The largest absolute Gasteiger partial charge is 0.516 e. The van der Waals surface area contributed by atoms with Gasteiger partial charge in [0.15, 0.2) is 6.10 Å². The van der Waals surface area contributed by atoms with E-state index >= 15 is 0 Å². The molecular weight excluding hydrogens is 483 g/mol. The van der Waals surface area contributed by atoms with Crippen LogP contribution in [0.3, 0.4) is 0 Å². The molecule has 0 fully saturated rings. The minimum Gasteiger partial charge on any atom is -0.464 e. The minimum atomic E-state index is -5.59. The predicted molar refractivity (Wildman–Crippen MR) is 128 cm³/mol. The Morgan fingerprint density at radius 1 is 1.11 bits per heavy atom. The Labute approximate surface area is 204 Å². The third-order valence-electron chi connectivity index (χ3n) is 5.65. The van der Waals surface area contributed by atoms with Gasteiger partial charge in [0.05, 0.1) is 17.9 Å². The number of fused-ring (bicyclic) bond motifs is 1. The Bertz CT molecular complexity index is 1220. The third kappa shape index (κ3) is 5.33. The number of hydrogen-bond donors (Lipinski definition) is 0. The summed E-state index contributed by atoms with van der Waals surface area (Å²) in [5, 5.41) is 0. The van der Waals surface area contributed by atoms with E-state index in [4.69, 9.17) is 9.47 Å². The fourth-order valence-electron chi connectivity index (χ4n) is 4.23. The van der Waals surface area contributed by atoms with Gasteiger partial charge in [0.1, 0.15) is 0 Å². The number of esters is 1. The van der Waals surface area contributed by atoms with Crippen molar-refractivity contribution >= 4 is 21.7 Å².